The Kier molecular flexibility index (Phi) is 7.89. The maximum Gasteiger partial charge on any atom is 0.416 e. The number of hydrogen-bond acceptors (Lipinski definition) is 1. The zero-order valence-electron chi connectivity index (χ0n) is 19.6. The Morgan fingerprint density at radius 3 is 1.86 bits per heavy atom. The van der Waals surface area contributed by atoms with Gasteiger partial charge in [0.25, 0.3) is 5.92 Å². The molecule has 1 atom stereocenters. The molecule has 2 aromatic carbocycles. The fourth-order valence-corrected chi connectivity index (χ4v) is 4.68. The van der Waals surface area contributed by atoms with Gasteiger partial charge in [-0.2, -0.15) is 26.3 Å². The maximum absolute atomic E-state index is 14.2. The molecule has 0 spiro atoms. The molecule has 1 aliphatic heterocycles. The Balaban J connectivity index is 1.62. The van der Waals surface area contributed by atoms with Crippen LogP contribution in [0.15, 0.2) is 48.5 Å². The number of piperidine rings is 1. The summed E-state index contributed by atoms with van der Waals surface area (Å²) in [5.74, 6) is -2.88. The number of hydrogen-bond donors (Lipinski definition) is 0. The van der Waals surface area contributed by atoms with E-state index in [-0.39, 0.29) is 18.4 Å². The van der Waals surface area contributed by atoms with E-state index in [2.05, 4.69) is 0 Å². The van der Waals surface area contributed by atoms with Crippen molar-refractivity contribution in [2.45, 2.75) is 70.3 Å². The van der Waals surface area contributed by atoms with E-state index in [1.165, 1.54) is 24.3 Å². The van der Waals surface area contributed by atoms with E-state index < -0.39 is 41.9 Å². The number of likely N-dealkylation sites (tertiary alicyclic amines) is 1. The standard InChI is InChI=1S/C26H29F8N/c1-23(2,16-18-4-8-20(9-5-18)25(29,30)31)12-3-14-35-15-13-24(27,28)17-22(35)19-6-10-21(11-7-19)26(32,33)34/h4-11,22H,3,12-17H2,1-2H3. The molecule has 35 heavy (non-hydrogen) atoms. The van der Waals surface area contributed by atoms with Gasteiger partial charge in [0.2, 0.25) is 0 Å². The van der Waals surface area contributed by atoms with Gasteiger partial charge < -0.3 is 0 Å². The molecule has 0 aliphatic carbocycles. The number of alkyl halides is 8. The van der Waals surface area contributed by atoms with Crippen molar-refractivity contribution in [1.82, 2.24) is 4.90 Å². The van der Waals surface area contributed by atoms with Crippen LogP contribution in [0.2, 0.25) is 0 Å². The molecule has 0 amide bonds. The monoisotopic (exact) mass is 507 g/mol. The van der Waals surface area contributed by atoms with Gasteiger partial charge in [-0.15, -0.1) is 0 Å². The second-order valence-corrected chi connectivity index (χ2v) is 10.1. The molecule has 2 aromatic rings. The van der Waals surface area contributed by atoms with E-state index in [1.54, 1.807) is 0 Å². The molecule has 1 aliphatic rings. The Labute approximate surface area is 200 Å². The molecule has 194 valence electrons. The van der Waals surface area contributed by atoms with Gasteiger partial charge in [-0.05, 0) is 66.6 Å². The predicted molar refractivity (Wildman–Crippen MR) is 118 cm³/mol. The van der Waals surface area contributed by atoms with Gasteiger partial charge in [-0.25, -0.2) is 8.78 Å². The molecule has 1 nitrogen and oxygen atoms in total. The van der Waals surface area contributed by atoms with Crippen molar-refractivity contribution in [2.75, 3.05) is 13.1 Å². The van der Waals surface area contributed by atoms with Crippen molar-refractivity contribution < 1.29 is 35.1 Å². The van der Waals surface area contributed by atoms with Crippen molar-refractivity contribution >= 4 is 0 Å². The third-order valence-electron chi connectivity index (χ3n) is 6.58. The first-order valence-corrected chi connectivity index (χ1v) is 11.5. The van der Waals surface area contributed by atoms with Crippen LogP contribution in [0.5, 0.6) is 0 Å². The Morgan fingerprint density at radius 1 is 0.829 bits per heavy atom. The van der Waals surface area contributed by atoms with E-state index in [9.17, 15) is 35.1 Å². The van der Waals surface area contributed by atoms with Crippen LogP contribution in [-0.4, -0.2) is 23.9 Å². The van der Waals surface area contributed by atoms with E-state index in [1.807, 2.05) is 18.7 Å². The highest BCUT2D eigenvalue weighted by atomic mass is 19.4. The summed E-state index contributed by atoms with van der Waals surface area (Å²) in [6, 6.07) is 8.78. The summed E-state index contributed by atoms with van der Waals surface area (Å²) in [6.45, 7) is 4.64. The molecule has 0 aromatic heterocycles. The van der Waals surface area contributed by atoms with Gasteiger partial charge in [-0.1, -0.05) is 38.1 Å². The molecular weight excluding hydrogens is 478 g/mol. The Bertz CT molecular complexity index is 959. The van der Waals surface area contributed by atoms with Crippen LogP contribution >= 0.6 is 0 Å². The Hall–Kier alpha value is -2.16. The summed E-state index contributed by atoms with van der Waals surface area (Å²) >= 11 is 0. The molecule has 0 radical (unpaired) electrons. The summed E-state index contributed by atoms with van der Waals surface area (Å²) in [5, 5.41) is 0. The fraction of sp³-hybridized carbons (Fsp3) is 0.538. The van der Waals surface area contributed by atoms with Gasteiger partial charge in [0.1, 0.15) is 0 Å². The number of rotatable bonds is 7. The minimum atomic E-state index is -4.49. The fourth-order valence-electron chi connectivity index (χ4n) is 4.68. The molecule has 1 saturated heterocycles. The van der Waals surface area contributed by atoms with Crippen LogP contribution in [-0.2, 0) is 18.8 Å². The average Bonchev–Trinajstić information content (AvgIpc) is 2.73. The smallest absolute Gasteiger partial charge is 0.296 e. The molecule has 1 unspecified atom stereocenters. The molecule has 0 N–H and O–H groups in total. The number of halogens is 8. The van der Waals surface area contributed by atoms with Crippen molar-refractivity contribution in [3.05, 3.63) is 70.8 Å². The quantitative estimate of drug-likeness (QED) is 0.340. The average molecular weight is 508 g/mol. The second-order valence-electron chi connectivity index (χ2n) is 10.1. The highest BCUT2D eigenvalue weighted by Gasteiger charge is 2.41. The van der Waals surface area contributed by atoms with Gasteiger partial charge >= 0.3 is 12.4 Å². The lowest BCUT2D eigenvalue weighted by molar-refractivity contribution is -0.138. The molecule has 1 fully saturated rings. The van der Waals surface area contributed by atoms with E-state index in [0.717, 1.165) is 29.8 Å². The molecule has 0 bridgehead atoms. The summed E-state index contributed by atoms with van der Waals surface area (Å²) in [5.41, 5.74) is -0.538. The van der Waals surface area contributed by atoms with Crippen molar-refractivity contribution in [2.24, 2.45) is 5.41 Å². The molecular formula is C26H29F8N. The first kappa shape index (κ1) is 27.4. The zero-order chi connectivity index (χ0) is 26.1. The third kappa shape index (κ3) is 7.66. The summed E-state index contributed by atoms with van der Waals surface area (Å²) < 4.78 is 105. The van der Waals surface area contributed by atoms with Crippen LogP contribution in [0, 0.1) is 5.41 Å². The lowest BCUT2D eigenvalue weighted by Crippen LogP contribution is -2.42. The van der Waals surface area contributed by atoms with Gasteiger partial charge in [0.05, 0.1) is 11.1 Å². The highest BCUT2D eigenvalue weighted by Crippen LogP contribution is 2.41. The predicted octanol–water partition coefficient (Wildman–Crippen LogP) is 8.55. The normalized spacial score (nSPS) is 19.7. The Morgan fingerprint density at radius 2 is 1.34 bits per heavy atom. The zero-order valence-corrected chi connectivity index (χ0v) is 19.6. The SMILES string of the molecule is CC(C)(CCCN1CCC(F)(F)CC1c1ccc(C(F)(F)F)cc1)Cc1ccc(C(F)(F)F)cc1. The first-order valence-electron chi connectivity index (χ1n) is 11.5. The number of benzene rings is 2. The molecule has 1 heterocycles. The highest BCUT2D eigenvalue weighted by molar-refractivity contribution is 5.28. The summed E-state index contributed by atoms with van der Waals surface area (Å²) in [6.07, 6.45) is -7.70. The summed E-state index contributed by atoms with van der Waals surface area (Å²) in [7, 11) is 0. The van der Waals surface area contributed by atoms with Gasteiger partial charge in [0, 0.05) is 25.4 Å². The first-order chi connectivity index (χ1) is 16.1. The van der Waals surface area contributed by atoms with Crippen LogP contribution < -0.4 is 0 Å². The van der Waals surface area contributed by atoms with Crippen LogP contribution in [0.1, 0.15) is 67.8 Å². The lowest BCUT2D eigenvalue weighted by Gasteiger charge is -2.40. The van der Waals surface area contributed by atoms with Crippen molar-refractivity contribution in [3.8, 4) is 0 Å². The van der Waals surface area contributed by atoms with Crippen molar-refractivity contribution in [1.29, 1.82) is 0 Å². The van der Waals surface area contributed by atoms with Gasteiger partial charge in [0.15, 0.2) is 0 Å². The van der Waals surface area contributed by atoms with Crippen LogP contribution in [0.4, 0.5) is 35.1 Å². The minimum absolute atomic E-state index is 0.137. The van der Waals surface area contributed by atoms with E-state index in [4.69, 9.17) is 0 Å². The molecule has 0 saturated carbocycles. The molecule has 3 rings (SSSR count). The van der Waals surface area contributed by atoms with Crippen LogP contribution in [0.3, 0.4) is 0 Å². The van der Waals surface area contributed by atoms with E-state index in [0.29, 0.717) is 31.4 Å². The third-order valence-corrected chi connectivity index (χ3v) is 6.58. The maximum atomic E-state index is 14.2. The minimum Gasteiger partial charge on any atom is -0.296 e. The van der Waals surface area contributed by atoms with E-state index >= 15 is 0 Å². The lowest BCUT2D eigenvalue weighted by atomic mass is 9.81. The van der Waals surface area contributed by atoms with Gasteiger partial charge in [-0.3, -0.25) is 4.90 Å². The largest absolute Gasteiger partial charge is 0.416 e. The number of nitrogens with zero attached hydrogens (tertiary/aromatic N) is 1. The molecule has 9 heteroatoms. The topological polar surface area (TPSA) is 3.24 Å². The van der Waals surface area contributed by atoms with Crippen molar-refractivity contribution in [3.63, 3.8) is 0 Å². The van der Waals surface area contributed by atoms with Crippen LogP contribution in [0.25, 0.3) is 0 Å². The summed E-state index contributed by atoms with van der Waals surface area (Å²) in [4.78, 5) is 1.90. The second kappa shape index (κ2) is 10.1.